The van der Waals surface area contributed by atoms with Gasteiger partial charge in [0, 0.05) is 54.7 Å². The number of amides is 1. The van der Waals surface area contributed by atoms with Gasteiger partial charge in [0.2, 0.25) is 0 Å². The minimum Gasteiger partial charge on any atom is -0.493 e. The smallest absolute Gasteiger partial charge is 0.303 e. The van der Waals surface area contributed by atoms with Gasteiger partial charge in [0.25, 0.3) is 5.91 Å². The molecule has 2 aromatic carbocycles. The maximum absolute atomic E-state index is 13.5. The molecule has 1 N–H and O–H groups in total. The standard InChI is InChI=1S/C29H36N2O4/c1-22(2)31(21-26-9-6-7-10-27(26)35-18-8-4-5-11-28(32)33)29(34)25-16-14-23(15-17-25)12-13-24-19-30(3)20-24/h6-7,9-10,14-17,22,24H,4-5,8,11,18-21H2,1-3H3,(H,32,33)/i21D2. The number of carboxylic acids is 1. The van der Waals surface area contributed by atoms with Crippen molar-refractivity contribution in [3.05, 3.63) is 65.2 Å². The molecule has 0 spiro atoms. The van der Waals surface area contributed by atoms with Crippen LogP contribution < -0.4 is 4.74 Å². The van der Waals surface area contributed by atoms with Gasteiger partial charge in [-0.2, -0.15) is 0 Å². The number of carbonyl (C=O) groups is 2. The highest BCUT2D eigenvalue weighted by Gasteiger charge is 2.21. The molecule has 3 rings (SSSR count). The number of carboxylic acid groups (broad SMARTS) is 1. The topological polar surface area (TPSA) is 70.1 Å². The number of para-hydroxylation sites is 1. The Labute approximate surface area is 211 Å². The molecule has 6 nitrogen and oxygen atoms in total. The second kappa shape index (κ2) is 13.0. The molecule has 2 aromatic rings. The molecule has 186 valence electrons. The van der Waals surface area contributed by atoms with Gasteiger partial charge in [0.05, 0.1) is 9.35 Å². The van der Waals surface area contributed by atoms with Gasteiger partial charge in [-0.05, 0) is 70.5 Å². The summed E-state index contributed by atoms with van der Waals surface area (Å²) in [5.41, 5.74) is 1.49. The summed E-state index contributed by atoms with van der Waals surface area (Å²) in [6, 6.07) is 13.4. The van der Waals surface area contributed by atoms with Crippen LogP contribution in [-0.2, 0) is 11.3 Å². The van der Waals surface area contributed by atoms with Gasteiger partial charge < -0.3 is 19.6 Å². The molecule has 35 heavy (non-hydrogen) atoms. The summed E-state index contributed by atoms with van der Waals surface area (Å²) in [5.74, 6) is 5.94. The Bertz CT molecular complexity index is 1130. The van der Waals surface area contributed by atoms with Crippen LogP contribution in [0.4, 0.5) is 0 Å². The average molecular weight is 479 g/mol. The highest BCUT2D eigenvalue weighted by Crippen LogP contribution is 2.23. The van der Waals surface area contributed by atoms with Crippen LogP contribution in [0.25, 0.3) is 0 Å². The largest absolute Gasteiger partial charge is 0.493 e. The number of hydrogen-bond donors (Lipinski definition) is 1. The molecule has 1 fully saturated rings. The first-order valence-electron chi connectivity index (χ1n) is 13.2. The number of likely N-dealkylation sites (tertiary alicyclic amines) is 1. The van der Waals surface area contributed by atoms with Gasteiger partial charge in [-0.1, -0.05) is 30.0 Å². The van der Waals surface area contributed by atoms with Gasteiger partial charge in [0.15, 0.2) is 0 Å². The molecule has 0 bridgehead atoms. The number of unbranched alkanes of at least 4 members (excludes halogenated alkanes) is 2. The third kappa shape index (κ3) is 8.15. The Kier molecular flexibility index (Phi) is 8.68. The zero-order valence-electron chi connectivity index (χ0n) is 22.8. The number of rotatable bonds is 11. The lowest BCUT2D eigenvalue weighted by atomic mass is 10.0. The van der Waals surface area contributed by atoms with Crippen molar-refractivity contribution in [3.8, 4) is 17.6 Å². The van der Waals surface area contributed by atoms with E-state index in [0.717, 1.165) is 18.7 Å². The van der Waals surface area contributed by atoms with Crippen LogP contribution in [0.5, 0.6) is 5.75 Å². The molecule has 0 aromatic heterocycles. The summed E-state index contributed by atoms with van der Waals surface area (Å²) in [6.45, 7) is 3.73. The minimum atomic E-state index is -2.13. The first-order valence-corrected chi connectivity index (χ1v) is 12.2. The van der Waals surface area contributed by atoms with Crippen LogP contribution in [-0.4, -0.2) is 59.6 Å². The zero-order chi connectivity index (χ0) is 27.0. The van der Waals surface area contributed by atoms with Crippen molar-refractivity contribution >= 4 is 11.9 Å². The molecular formula is C29H36N2O4. The lowest BCUT2D eigenvalue weighted by Gasteiger charge is -2.32. The summed E-state index contributed by atoms with van der Waals surface area (Å²) in [6.07, 6.45) is 2.05. The van der Waals surface area contributed by atoms with E-state index >= 15 is 0 Å². The van der Waals surface area contributed by atoms with Crippen molar-refractivity contribution in [3.63, 3.8) is 0 Å². The Morgan fingerprint density at radius 3 is 2.51 bits per heavy atom. The molecule has 1 aliphatic rings. The Hall–Kier alpha value is -3.30. The fourth-order valence-corrected chi connectivity index (χ4v) is 3.78. The van der Waals surface area contributed by atoms with Crippen LogP contribution >= 0.6 is 0 Å². The van der Waals surface area contributed by atoms with E-state index in [4.69, 9.17) is 12.6 Å². The van der Waals surface area contributed by atoms with E-state index in [1.165, 1.54) is 4.90 Å². The number of hydrogen-bond acceptors (Lipinski definition) is 4. The van der Waals surface area contributed by atoms with E-state index in [1.54, 1.807) is 62.4 Å². The van der Waals surface area contributed by atoms with Crippen molar-refractivity contribution < 1.29 is 22.2 Å². The average Bonchev–Trinajstić information content (AvgIpc) is 2.83. The highest BCUT2D eigenvalue weighted by molar-refractivity contribution is 5.94. The van der Waals surface area contributed by atoms with E-state index in [0.29, 0.717) is 43.1 Å². The van der Waals surface area contributed by atoms with Gasteiger partial charge >= 0.3 is 5.97 Å². The van der Waals surface area contributed by atoms with Crippen molar-refractivity contribution in [2.24, 2.45) is 5.92 Å². The van der Waals surface area contributed by atoms with E-state index < -0.39 is 24.4 Å². The van der Waals surface area contributed by atoms with Gasteiger partial charge in [0.1, 0.15) is 5.75 Å². The lowest BCUT2D eigenvalue weighted by molar-refractivity contribution is -0.137. The predicted molar refractivity (Wildman–Crippen MR) is 137 cm³/mol. The second-order valence-corrected chi connectivity index (χ2v) is 9.19. The predicted octanol–water partition coefficient (Wildman–Crippen LogP) is 4.67. The SMILES string of the molecule is [2H]C([2H])(c1ccccc1OCCCCCC(=O)O)N(C(=O)c1ccc(C#CC2CN(C)C2)cc1)C(C)C. The van der Waals surface area contributed by atoms with Gasteiger partial charge in [-0.3, -0.25) is 9.59 Å². The van der Waals surface area contributed by atoms with E-state index in [9.17, 15) is 9.59 Å². The summed E-state index contributed by atoms with van der Waals surface area (Å²) in [5, 5.41) is 8.76. The Morgan fingerprint density at radius 2 is 1.86 bits per heavy atom. The second-order valence-electron chi connectivity index (χ2n) is 9.19. The Balaban J connectivity index is 1.73. The van der Waals surface area contributed by atoms with Gasteiger partial charge in [-0.25, -0.2) is 0 Å². The van der Waals surface area contributed by atoms with E-state index in [1.807, 2.05) is 0 Å². The van der Waals surface area contributed by atoms with Crippen LogP contribution in [0.15, 0.2) is 48.5 Å². The molecular weight excluding hydrogens is 440 g/mol. The fraction of sp³-hybridized carbons (Fsp3) is 0.448. The van der Waals surface area contributed by atoms with Crippen LogP contribution in [0.2, 0.25) is 0 Å². The van der Waals surface area contributed by atoms with E-state index in [2.05, 4.69) is 23.8 Å². The third-order valence-electron chi connectivity index (χ3n) is 5.77. The molecule has 0 aliphatic carbocycles. The van der Waals surface area contributed by atoms with Gasteiger partial charge in [-0.15, -0.1) is 0 Å². The molecule has 1 heterocycles. The zero-order valence-corrected chi connectivity index (χ0v) is 20.8. The van der Waals surface area contributed by atoms with Crippen LogP contribution in [0, 0.1) is 17.8 Å². The number of carbonyl (C=O) groups excluding carboxylic acids is 1. The molecule has 1 amide bonds. The normalized spacial score (nSPS) is 14.9. The molecule has 1 saturated heterocycles. The number of ether oxygens (including phenoxy) is 1. The van der Waals surface area contributed by atoms with E-state index in [-0.39, 0.29) is 12.0 Å². The first-order chi connectivity index (χ1) is 17.6. The van der Waals surface area contributed by atoms with Crippen LogP contribution in [0.1, 0.15) is 63.8 Å². The van der Waals surface area contributed by atoms with Crippen molar-refractivity contribution in [1.29, 1.82) is 0 Å². The van der Waals surface area contributed by atoms with Crippen molar-refractivity contribution in [2.75, 3.05) is 26.7 Å². The monoisotopic (exact) mass is 478 g/mol. The quantitative estimate of drug-likeness (QED) is 0.375. The molecule has 0 saturated carbocycles. The third-order valence-corrected chi connectivity index (χ3v) is 5.77. The minimum absolute atomic E-state index is 0.121. The summed E-state index contributed by atoms with van der Waals surface area (Å²) in [7, 11) is 2.06. The maximum Gasteiger partial charge on any atom is 0.303 e. The number of aliphatic carboxylic acids is 1. The number of benzene rings is 2. The molecule has 0 unspecified atom stereocenters. The Morgan fingerprint density at radius 1 is 1.14 bits per heavy atom. The summed E-state index contributed by atoms with van der Waals surface area (Å²) >= 11 is 0. The van der Waals surface area contributed by atoms with Crippen molar-refractivity contribution in [1.82, 2.24) is 9.80 Å². The van der Waals surface area contributed by atoms with Crippen LogP contribution in [0.3, 0.4) is 0 Å². The highest BCUT2D eigenvalue weighted by atomic mass is 16.5. The molecule has 0 radical (unpaired) electrons. The maximum atomic E-state index is 13.5. The summed E-state index contributed by atoms with van der Waals surface area (Å²) < 4.78 is 23.8. The lowest BCUT2D eigenvalue weighted by Crippen LogP contribution is -2.42. The number of nitrogens with zero attached hydrogens (tertiary/aromatic N) is 2. The van der Waals surface area contributed by atoms with Crippen molar-refractivity contribution in [2.45, 2.75) is 52.1 Å². The molecule has 0 atom stereocenters. The molecule has 1 aliphatic heterocycles. The first kappa shape index (κ1) is 23.4. The fourth-order valence-electron chi connectivity index (χ4n) is 3.78. The molecule has 6 heteroatoms. The summed E-state index contributed by atoms with van der Waals surface area (Å²) in [4.78, 5) is 27.6.